The molecule has 0 aliphatic carbocycles. The summed E-state index contributed by atoms with van der Waals surface area (Å²) in [4.78, 5) is 2.66. The highest BCUT2D eigenvalue weighted by Gasteiger charge is 2.33. The lowest BCUT2D eigenvalue weighted by atomic mass is 9.92. The number of halogens is 1. The van der Waals surface area contributed by atoms with Crippen LogP contribution in [0.3, 0.4) is 0 Å². The van der Waals surface area contributed by atoms with Crippen molar-refractivity contribution < 1.29 is 0 Å². The maximum absolute atomic E-state index is 5.94. The Morgan fingerprint density at radius 3 is 2.60 bits per heavy atom. The molecule has 1 saturated heterocycles. The van der Waals surface area contributed by atoms with Crippen LogP contribution in [0.4, 0.5) is 0 Å². The Morgan fingerprint density at radius 2 is 2.00 bits per heavy atom. The summed E-state index contributed by atoms with van der Waals surface area (Å²) in [5.41, 5.74) is 1.65. The van der Waals surface area contributed by atoms with Crippen molar-refractivity contribution >= 4 is 11.6 Å². The van der Waals surface area contributed by atoms with Gasteiger partial charge in [0.1, 0.15) is 0 Å². The molecular formula is C17H27ClN2. The molecule has 1 aliphatic heterocycles. The quantitative estimate of drug-likeness (QED) is 0.890. The fourth-order valence-corrected chi connectivity index (χ4v) is 3.08. The third kappa shape index (κ3) is 3.97. The summed E-state index contributed by atoms with van der Waals surface area (Å²) in [6.07, 6.45) is 3.50. The predicted molar refractivity (Wildman–Crippen MR) is 87.5 cm³/mol. The summed E-state index contributed by atoms with van der Waals surface area (Å²) in [6.45, 7) is 10.3. The van der Waals surface area contributed by atoms with E-state index in [-0.39, 0.29) is 5.54 Å². The Morgan fingerprint density at radius 1 is 1.30 bits per heavy atom. The van der Waals surface area contributed by atoms with E-state index in [1.807, 2.05) is 12.1 Å². The van der Waals surface area contributed by atoms with Crippen LogP contribution in [0.25, 0.3) is 0 Å². The van der Waals surface area contributed by atoms with Gasteiger partial charge in [-0.25, -0.2) is 0 Å². The van der Waals surface area contributed by atoms with Crippen LogP contribution in [-0.4, -0.2) is 36.1 Å². The van der Waals surface area contributed by atoms with Crippen LogP contribution in [0.2, 0.25) is 5.02 Å². The van der Waals surface area contributed by atoms with E-state index in [1.165, 1.54) is 18.4 Å². The molecule has 0 radical (unpaired) electrons. The zero-order valence-electron chi connectivity index (χ0n) is 13.0. The second kappa shape index (κ2) is 6.93. The average molecular weight is 295 g/mol. The van der Waals surface area contributed by atoms with Gasteiger partial charge in [-0.3, -0.25) is 4.90 Å². The molecule has 1 aromatic rings. The molecule has 112 valence electrons. The third-order valence-electron chi connectivity index (χ3n) is 4.69. The van der Waals surface area contributed by atoms with Gasteiger partial charge in [-0.15, -0.1) is 0 Å². The largest absolute Gasteiger partial charge is 0.309 e. The molecule has 1 aliphatic rings. The molecule has 20 heavy (non-hydrogen) atoms. The maximum atomic E-state index is 5.94. The Labute approximate surface area is 128 Å². The van der Waals surface area contributed by atoms with Gasteiger partial charge in [0.15, 0.2) is 0 Å². The van der Waals surface area contributed by atoms with E-state index >= 15 is 0 Å². The minimum absolute atomic E-state index is 0.270. The molecule has 0 aromatic heterocycles. The van der Waals surface area contributed by atoms with Gasteiger partial charge in [0, 0.05) is 36.2 Å². The molecule has 1 fully saturated rings. The standard InChI is InChI=1S/C17H27ClN2/c1-4-16-12-19-17(3,5-2)13-20(16)11-10-14-6-8-15(18)9-7-14/h6-9,16,19H,4-5,10-13H2,1-3H3. The summed E-state index contributed by atoms with van der Waals surface area (Å²) < 4.78 is 0. The molecule has 2 nitrogen and oxygen atoms in total. The van der Waals surface area contributed by atoms with Crippen molar-refractivity contribution in [2.45, 2.75) is 51.6 Å². The number of benzene rings is 1. The minimum atomic E-state index is 0.270. The third-order valence-corrected chi connectivity index (χ3v) is 4.94. The number of piperazine rings is 1. The zero-order valence-corrected chi connectivity index (χ0v) is 13.7. The first-order valence-corrected chi connectivity index (χ1v) is 8.17. The van der Waals surface area contributed by atoms with Crippen molar-refractivity contribution in [1.82, 2.24) is 10.2 Å². The Balaban J connectivity index is 1.96. The molecule has 2 unspecified atom stereocenters. The van der Waals surface area contributed by atoms with E-state index in [0.29, 0.717) is 6.04 Å². The molecule has 2 rings (SSSR count). The molecule has 1 aromatic carbocycles. The lowest BCUT2D eigenvalue weighted by Gasteiger charge is -2.46. The molecule has 0 spiro atoms. The summed E-state index contributed by atoms with van der Waals surface area (Å²) >= 11 is 5.94. The van der Waals surface area contributed by atoms with Crippen molar-refractivity contribution in [3.05, 3.63) is 34.9 Å². The molecule has 0 saturated carbocycles. The van der Waals surface area contributed by atoms with Gasteiger partial charge in [-0.2, -0.15) is 0 Å². The first-order valence-electron chi connectivity index (χ1n) is 7.80. The van der Waals surface area contributed by atoms with Gasteiger partial charge in [0.2, 0.25) is 0 Å². The normalized spacial score (nSPS) is 27.7. The second-order valence-corrected chi connectivity index (χ2v) is 6.64. The van der Waals surface area contributed by atoms with Crippen molar-refractivity contribution in [1.29, 1.82) is 0 Å². The predicted octanol–water partition coefficient (Wildman–Crippen LogP) is 3.74. The summed E-state index contributed by atoms with van der Waals surface area (Å²) in [7, 11) is 0. The van der Waals surface area contributed by atoms with E-state index in [9.17, 15) is 0 Å². The Kier molecular flexibility index (Phi) is 5.48. The fraction of sp³-hybridized carbons (Fsp3) is 0.647. The van der Waals surface area contributed by atoms with Gasteiger partial charge in [0.25, 0.3) is 0 Å². The molecule has 1 N–H and O–H groups in total. The number of nitrogens with one attached hydrogen (secondary N) is 1. The van der Waals surface area contributed by atoms with Crippen LogP contribution in [0, 0.1) is 0 Å². The van der Waals surface area contributed by atoms with Gasteiger partial charge in [0.05, 0.1) is 0 Å². The van der Waals surface area contributed by atoms with Crippen LogP contribution in [0.15, 0.2) is 24.3 Å². The van der Waals surface area contributed by atoms with Gasteiger partial charge >= 0.3 is 0 Å². The molecule has 3 heteroatoms. The van der Waals surface area contributed by atoms with Crippen LogP contribution in [0.5, 0.6) is 0 Å². The first-order chi connectivity index (χ1) is 9.56. The Bertz CT molecular complexity index is 418. The molecule has 2 atom stereocenters. The summed E-state index contributed by atoms with van der Waals surface area (Å²) in [5, 5.41) is 4.54. The highest BCUT2D eigenvalue weighted by Crippen LogP contribution is 2.21. The van der Waals surface area contributed by atoms with Crippen LogP contribution < -0.4 is 5.32 Å². The Hall–Kier alpha value is -0.570. The van der Waals surface area contributed by atoms with E-state index < -0.39 is 0 Å². The number of nitrogens with zero attached hydrogens (tertiary/aromatic N) is 1. The number of hydrogen-bond donors (Lipinski definition) is 1. The number of hydrogen-bond acceptors (Lipinski definition) is 2. The molecule has 0 amide bonds. The van der Waals surface area contributed by atoms with E-state index in [1.54, 1.807) is 0 Å². The number of rotatable bonds is 5. The zero-order chi connectivity index (χ0) is 14.6. The highest BCUT2D eigenvalue weighted by atomic mass is 35.5. The summed E-state index contributed by atoms with van der Waals surface area (Å²) in [5.74, 6) is 0. The van der Waals surface area contributed by atoms with Gasteiger partial charge in [-0.1, -0.05) is 37.6 Å². The lowest BCUT2D eigenvalue weighted by molar-refractivity contribution is 0.0832. The van der Waals surface area contributed by atoms with Gasteiger partial charge < -0.3 is 5.32 Å². The molecular weight excluding hydrogens is 268 g/mol. The monoisotopic (exact) mass is 294 g/mol. The molecule has 1 heterocycles. The lowest BCUT2D eigenvalue weighted by Crippen LogP contribution is -2.62. The first kappa shape index (κ1) is 15.8. The molecule has 0 bridgehead atoms. The summed E-state index contributed by atoms with van der Waals surface area (Å²) in [6, 6.07) is 8.93. The highest BCUT2D eigenvalue weighted by molar-refractivity contribution is 6.30. The minimum Gasteiger partial charge on any atom is -0.309 e. The van der Waals surface area contributed by atoms with E-state index in [4.69, 9.17) is 11.6 Å². The smallest absolute Gasteiger partial charge is 0.0406 e. The van der Waals surface area contributed by atoms with Crippen molar-refractivity contribution in [2.24, 2.45) is 0 Å². The topological polar surface area (TPSA) is 15.3 Å². The van der Waals surface area contributed by atoms with Crippen molar-refractivity contribution in [3.63, 3.8) is 0 Å². The van der Waals surface area contributed by atoms with Crippen molar-refractivity contribution in [3.8, 4) is 0 Å². The van der Waals surface area contributed by atoms with Crippen LogP contribution in [-0.2, 0) is 6.42 Å². The maximum Gasteiger partial charge on any atom is 0.0406 e. The second-order valence-electron chi connectivity index (χ2n) is 6.20. The van der Waals surface area contributed by atoms with E-state index in [2.05, 4.69) is 43.1 Å². The average Bonchev–Trinajstić information content (AvgIpc) is 2.47. The van der Waals surface area contributed by atoms with Crippen LogP contribution in [0.1, 0.15) is 39.2 Å². The fourth-order valence-electron chi connectivity index (χ4n) is 2.95. The van der Waals surface area contributed by atoms with E-state index in [0.717, 1.165) is 31.1 Å². The SMILES string of the molecule is CCC1CNC(C)(CC)CN1CCc1ccc(Cl)cc1. The van der Waals surface area contributed by atoms with Gasteiger partial charge in [-0.05, 0) is 43.9 Å². The van der Waals surface area contributed by atoms with Crippen molar-refractivity contribution in [2.75, 3.05) is 19.6 Å². The van der Waals surface area contributed by atoms with Crippen LogP contribution >= 0.6 is 11.6 Å².